The minimum Gasteiger partial charge on any atom is -0.462 e. The van der Waals surface area contributed by atoms with Crippen molar-refractivity contribution >= 4 is 39.5 Å². The van der Waals surface area contributed by atoms with Gasteiger partial charge in [-0.3, -0.25) is 37.3 Å². The molecule has 0 fully saturated rings. The van der Waals surface area contributed by atoms with Crippen LogP contribution in [0.5, 0.6) is 0 Å². The maximum atomic E-state index is 13.1. The van der Waals surface area contributed by atoms with E-state index < -0.39 is 97.5 Å². The second-order valence-corrected chi connectivity index (χ2v) is 31.3. The van der Waals surface area contributed by atoms with E-state index in [9.17, 15) is 43.2 Å². The predicted octanol–water partition coefficient (Wildman–Crippen LogP) is 23.3. The molecular weight excluding hydrogens is 1270 g/mol. The van der Waals surface area contributed by atoms with Gasteiger partial charge in [0.25, 0.3) is 0 Å². The molecular formula is C78H152O17P2. The van der Waals surface area contributed by atoms with E-state index in [1.165, 1.54) is 231 Å². The Labute approximate surface area is 594 Å². The van der Waals surface area contributed by atoms with E-state index in [1.54, 1.807) is 0 Å². The Balaban J connectivity index is 5.17. The number of carbonyl (C=O) groups excluding carboxylic acids is 4. The van der Waals surface area contributed by atoms with Crippen molar-refractivity contribution in [1.82, 2.24) is 0 Å². The Morgan fingerprint density at radius 1 is 0.289 bits per heavy atom. The van der Waals surface area contributed by atoms with Crippen LogP contribution < -0.4 is 0 Å². The largest absolute Gasteiger partial charge is 0.472 e. The van der Waals surface area contributed by atoms with Gasteiger partial charge in [0.05, 0.1) is 26.4 Å². The summed E-state index contributed by atoms with van der Waals surface area (Å²) in [6.45, 7) is 7.32. The molecule has 3 unspecified atom stereocenters. The maximum absolute atomic E-state index is 13.1. The van der Waals surface area contributed by atoms with E-state index in [0.29, 0.717) is 25.7 Å². The lowest BCUT2D eigenvalue weighted by molar-refractivity contribution is -0.161. The molecule has 0 aliphatic heterocycles. The van der Waals surface area contributed by atoms with Crippen LogP contribution in [0.3, 0.4) is 0 Å². The third-order valence-electron chi connectivity index (χ3n) is 18.6. The average Bonchev–Trinajstić information content (AvgIpc) is 1.06. The monoisotopic (exact) mass is 1420 g/mol. The molecule has 97 heavy (non-hydrogen) atoms. The van der Waals surface area contributed by atoms with Gasteiger partial charge in [0.1, 0.15) is 19.3 Å². The van der Waals surface area contributed by atoms with Crippen molar-refractivity contribution in [3.05, 3.63) is 0 Å². The second kappa shape index (κ2) is 71.1. The molecule has 0 saturated carbocycles. The summed E-state index contributed by atoms with van der Waals surface area (Å²) in [5.41, 5.74) is 0. The predicted molar refractivity (Wildman–Crippen MR) is 395 cm³/mol. The molecule has 0 spiro atoms. The van der Waals surface area contributed by atoms with Crippen LogP contribution in [0.25, 0.3) is 0 Å². The fourth-order valence-electron chi connectivity index (χ4n) is 12.0. The quantitative estimate of drug-likeness (QED) is 0.0222. The zero-order valence-corrected chi connectivity index (χ0v) is 65.0. The van der Waals surface area contributed by atoms with E-state index in [0.717, 1.165) is 102 Å². The van der Waals surface area contributed by atoms with Gasteiger partial charge in [-0.2, -0.15) is 0 Å². The standard InChI is InChI=1S/C78H152O17P2/c1-6-10-13-16-19-22-24-25-26-27-28-29-30-31-32-37-40-44-49-54-59-64-78(83)95-74(68-89-76(81)62-57-52-47-43-39-36-34-33-35-38-41-45-50-55-60-71(5)9-4)70-93-97(86,87)91-66-72(79)65-90-96(84,85)92-69-73(67-88-75(80)61-56-51-46-21-18-15-12-8-3)94-77(82)63-58-53-48-42-23-20-17-14-11-7-2/h71-74,79H,6-70H2,1-5H3,(H,84,85)(H,86,87)/t71?,72-,73+,74+/m0/s1. The smallest absolute Gasteiger partial charge is 0.462 e. The molecule has 0 aromatic rings. The van der Waals surface area contributed by atoms with Crippen molar-refractivity contribution in [2.45, 2.75) is 432 Å². The molecule has 0 aromatic heterocycles. The van der Waals surface area contributed by atoms with Gasteiger partial charge < -0.3 is 33.8 Å². The number of hydrogen-bond acceptors (Lipinski definition) is 15. The summed E-state index contributed by atoms with van der Waals surface area (Å²) in [6.07, 6.45) is 61.2. The van der Waals surface area contributed by atoms with Crippen LogP contribution in [-0.2, 0) is 65.4 Å². The first-order valence-corrected chi connectivity index (χ1v) is 43.7. The molecule has 0 aromatic carbocycles. The number of ether oxygens (including phenoxy) is 4. The lowest BCUT2D eigenvalue weighted by atomic mass is 9.99. The van der Waals surface area contributed by atoms with Crippen molar-refractivity contribution in [3.8, 4) is 0 Å². The number of phosphoric acid groups is 2. The van der Waals surface area contributed by atoms with Crippen molar-refractivity contribution in [3.63, 3.8) is 0 Å². The van der Waals surface area contributed by atoms with Gasteiger partial charge in [0, 0.05) is 25.7 Å². The van der Waals surface area contributed by atoms with Gasteiger partial charge in [-0.25, -0.2) is 9.13 Å². The second-order valence-electron chi connectivity index (χ2n) is 28.3. The van der Waals surface area contributed by atoms with E-state index >= 15 is 0 Å². The highest BCUT2D eigenvalue weighted by atomic mass is 31.2. The fraction of sp³-hybridized carbons (Fsp3) is 0.949. The highest BCUT2D eigenvalue weighted by Gasteiger charge is 2.30. The van der Waals surface area contributed by atoms with Gasteiger partial charge in [-0.05, 0) is 31.6 Å². The number of phosphoric ester groups is 2. The number of aliphatic hydroxyl groups excluding tert-OH is 1. The summed E-state index contributed by atoms with van der Waals surface area (Å²) in [5, 5.41) is 10.6. The summed E-state index contributed by atoms with van der Waals surface area (Å²) in [4.78, 5) is 72.7. The first-order valence-electron chi connectivity index (χ1n) is 40.7. The first-order chi connectivity index (χ1) is 47.1. The van der Waals surface area contributed by atoms with E-state index in [-0.39, 0.29) is 25.7 Å². The Morgan fingerprint density at radius 3 is 0.732 bits per heavy atom. The van der Waals surface area contributed by atoms with E-state index in [1.807, 2.05) is 0 Å². The molecule has 0 aliphatic rings. The lowest BCUT2D eigenvalue weighted by Crippen LogP contribution is -2.30. The van der Waals surface area contributed by atoms with Gasteiger partial charge >= 0.3 is 39.5 Å². The molecule has 0 saturated heterocycles. The lowest BCUT2D eigenvalue weighted by Gasteiger charge is -2.21. The van der Waals surface area contributed by atoms with Crippen LogP contribution in [0.1, 0.15) is 413 Å². The van der Waals surface area contributed by atoms with Crippen LogP contribution in [0, 0.1) is 5.92 Å². The summed E-state index contributed by atoms with van der Waals surface area (Å²) in [5.74, 6) is -1.26. The molecule has 0 radical (unpaired) electrons. The zero-order valence-electron chi connectivity index (χ0n) is 63.2. The first kappa shape index (κ1) is 95.1. The summed E-state index contributed by atoms with van der Waals surface area (Å²) in [6, 6.07) is 0. The Kier molecular flexibility index (Phi) is 69.6. The van der Waals surface area contributed by atoms with Crippen molar-refractivity contribution in [1.29, 1.82) is 0 Å². The molecule has 17 nitrogen and oxygen atoms in total. The van der Waals surface area contributed by atoms with Crippen LogP contribution >= 0.6 is 15.6 Å². The molecule has 0 rings (SSSR count). The van der Waals surface area contributed by atoms with Gasteiger partial charge in [-0.1, -0.05) is 362 Å². The zero-order chi connectivity index (χ0) is 71.2. The maximum Gasteiger partial charge on any atom is 0.472 e. The van der Waals surface area contributed by atoms with Crippen LogP contribution in [0.15, 0.2) is 0 Å². The fourth-order valence-corrected chi connectivity index (χ4v) is 13.6. The van der Waals surface area contributed by atoms with Crippen molar-refractivity contribution in [2.24, 2.45) is 5.92 Å². The van der Waals surface area contributed by atoms with E-state index in [4.69, 9.17) is 37.0 Å². The Hall–Kier alpha value is -1.94. The SMILES string of the molecule is CCCCCCCCCCCCCCCCCCCCCCCC(=O)O[C@H](COC(=O)CCCCCCCCCCCCCCCCC(C)CC)COP(=O)(O)OC[C@@H](O)COP(=O)(O)OC[C@@H](COC(=O)CCCCCCCCCC)OC(=O)CCCCCCCCCCCC. The van der Waals surface area contributed by atoms with Crippen molar-refractivity contribution in [2.75, 3.05) is 39.6 Å². The van der Waals surface area contributed by atoms with Gasteiger partial charge in [0.15, 0.2) is 12.2 Å². The van der Waals surface area contributed by atoms with Crippen LogP contribution in [0.2, 0.25) is 0 Å². The molecule has 576 valence electrons. The number of unbranched alkanes of at least 4 members (excludes halogenated alkanes) is 49. The highest BCUT2D eigenvalue weighted by molar-refractivity contribution is 7.47. The number of hydrogen-bond donors (Lipinski definition) is 3. The third-order valence-corrected chi connectivity index (χ3v) is 20.5. The van der Waals surface area contributed by atoms with Crippen LogP contribution in [-0.4, -0.2) is 96.7 Å². The summed E-state index contributed by atoms with van der Waals surface area (Å²) >= 11 is 0. The van der Waals surface area contributed by atoms with Gasteiger partial charge in [0.2, 0.25) is 0 Å². The van der Waals surface area contributed by atoms with E-state index in [2.05, 4.69) is 34.6 Å². The average molecular weight is 1420 g/mol. The molecule has 0 heterocycles. The highest BCUT2D eigenvalue weighted by Crippen LogP contribution is 2.45. The molecule has 19 heteroatoms. The minimum atomic E-state index is -4.96. The topological polar surface area (TPSA) is 237 Å². The number of aliphatic hydroxyl groups is 1. The Morgan fingerprint density at radius 2 is 0.495 bits per heavy atom. The summed E-state index contributed by atoms with van der Waals surface area (Å²) in [7, 11) is -9.91. The molecule has 3 N–H and O–H groups in total. The number of rotatable bonds is 78. The molecule has 0 amide bonds. The molecule has 6 atom stereocenters. The molecule has 0 bridgehead atoms. The van der Waals surface area contributed by atoms with Gasteiger partial charge in [-0.15, -0.1) is 0 Å². The normalized spacial score (nSPS) is 14.2. The third kappa shape index (κ3) is 70.9. The molecule has 0 aliphatic carbocycles. The Bertz CT molecular complexity index is 1860. The number of carbonyl (C=O) groups is 4. The number of esters is 4. The summed E-state index contributed by atoms with van der Waals surface area (Å²) < 4.78 is 68.5. The minimum absolute atomic E-state index is 0.107. The van der Waals surface area contributed by atoms with Crippen LogP contribution in [0.4, 0.5) is 0 Å². The van der Waals surface area contributed by atoms with Crippen molar-refractivity contribution < 1.29 is 80.2 Å².